The van der Waals surface area contributed by atoms with Crippen molar-refractivity contribution in [1.29, 1.82) is 5.26 Å². The smallest absolute Gasteiger partial charge is 0.234 e. The maximum atomic E-state index is 8.66. The molecular formula is C11H14N4O. The van der Waals surface area contributed by atoms with Crippen molar-refractivity contribution in [2.45, 2.75) is 12.8 Å². The van der Waals surface area contributed by atoms with Crippen LogP contribution in [0.25, 0.3) is 0 Å². The minimum atomic E-state index is 0.206. The van der Waals surface area contributed by atoms with E-state index in [4.69, 9.17) is 10.00 Å². The minimum Gasteiger partial charge on any atom is -0.381 e. The number of anilines is 1. The molecule has 0 bridgehead atoms. The summed E-state index contributed by atoms with van der Waals surface area (Å²) in [6.45, 7) is 2.57. The highest BCUT2D eigenvalue weighted by Crippen LogP contribution is 2.15. The van der Waals surface area contributed by atoms with Crippen LogP contribution in [0.2, 0.25) is 0 Å². The number of aromatic nitrogens is 2. The normalized spacial score (nSPS) is 16.7. The van der Waals surface area contributed by atoms with E-state index in [1.165, 1.54) is 0 Å². The second-order valence-electron chi connectivity index (χ2n) is 3.81. The quantitative estimate of drug-likeness (QED) is 0.825. The largest absolute Gasteiger partial charge is 0.381 e. The minimum absolute atomic E-state index is 0.206. The van der Waals surface area contributed by atoms with Crippen molar-refractivity contribution in [2.75, 3.05) is 25.1 Å². The Morgan fingerprint density at radius 3 is 3.06 bits per heavy atom. The highest BCUT2D eigenvalue weighted by molar-refractivity contribution is 5.34. The predicted molar refractivity (Wildman–Crippen MR) is 58.8 cm³/mol. The third kappa shape index (κ3) is 2.91. The highest BCUT2D eigenvalue weighted by atomic mass is 16.5. The van der Waals surface area contributed by atoms with E-state index in [0.717, 1.165) is 38.4 Å². The summed E-state index contributed by atoms with van der Waals surface area (Å²) in [5.41, 5.74) is 0. The summed E-state index contributed by atoms with van der Waals surface area (Å²) in [6.07, 6.45) is 3.77. The van der Waals surface area contributed by atoms with Gasteiger partial charge in [0, 0.05) is 26.0 Å². The van der Waals surface area contributed by atoms with Gasteiger partial charge in [-0.25, -0.2) is 9.97 Å². The summed E-state index contributed by atoms with van der Waals surface area (Å²) >= 11 is 0. The summed E-state index contributed by atoms with van der Waals surface area (Å²) in [7, 11) is 0. The molecule has 0 aromatic carbocycles. The molecule has 0 spiro atoms. The van der Waals surface area contributed by atoms with Gasteiger partial charge in [-0.1, -0.05) is 0 Å². The number of ether oxygens (including phenoxy) is 1. The van der Waals surface area contributed by atoms with E-state index in [1.807, 2.05) is 6.07 Å². The van der Waals surface area contributed by atoms with Crippen LogP contribution in [-0.2, 0) is 4.74 Å². The van der Waals surface area contributed by atoms with Gasteiger partial charge in [0.2, 0.25) is 5.82 Å². The zero-order valence-electron chi connectivity index (χ0n) is 9.02. The van der Waals surface area contributed by atoms with Crippen LogP contribution in [0.4, 0.5) is 5.82 Å². The van der Waals surface area contributed by atoms with Gasteiger partial charge in [0.1, 0.15) is 11.9 Å². The van der Waals surface area contributed by atoms with Crippen LogP contribution in [0, 0.1) is 17.2 Å². The van der Waals surface area contributed by atoms with Crippen LogP contribution >= 0.6 is 0 Å². The first-order valence-corrected chi connectivity index (χ1v) is 5.43. The lowest BCUT2D eigenvalue weighted by molar-refractivity contribution is 0.0699. The Balaban J connectivity index is 1.86. The van der Waals surface area contributed by atoms with Crippen molar-refractivity contribution in [3.8, 4) is 6.07 Å². The Morgan fingerprint density at radius 1 is 1.50 bits per heavy atom. The maximum Gasteiger partial charge on any atom is 0.234 e. The molecule has 1 aliphatic heterocycles. The van der Waals surface area contributed by atoms with Gasteiger partial charge in [-0.15, -0.1) is 0 Å². The van der Waals surface area contributed by atoms with Crippen molar-refractivity contribution in [3.05, 3.63) is 18.1 Å². The monoisotopic (exact) mass is 218 g/mol. The lowest BCUT2D eigenvalue weighted by atomic mass is 10.0. The van der Waals surface area contributed by atoms with Crippen LogP contribution < -0.4 is 5.32 Å². The molecule has 5 heteroatoms. The summed E-state index contributed by atoms with van der Waals surface area (Å²) < 4.78 is 5.29. The molecule has 5 nitrogen and oxygen atoms in total. The fourth-order valence-electron chi connectivity index (χ4n) is 1.71. The van der Waals surface area contributed by atoms with E-state index in [2.05, 4.69) is 15.3 Å². The fraction of sp³-hybridized carbons (Fsp3) is 0.545. The van der Waals surface area contributed by atoms with E-state index in [-0.39, 0.29) is 5.82 Å². The van der Waals surface area contributed by atoms with Crippen molar-refractivity contribution in [2.24, 2.45) is 5.92 Å². The van der Waals surface area contributed by atoms with E-state index in [0.29, 0.717) is 5.92 Å². The van der Waals surface area contributed by atoms with Gasteiger partial charge in [0.25, 0.3) is 0 Å². The standard InChI is InChI=1S/C11H14N4O/c12-7-11-13-4-1-10(15-11)14-8-9-2-5-16-6-3-9/h1,4,9H,2-3,5-6,8H2,(H,13,14,15). The Kier molecular flexibility index (Phi) is 3.67. The average Bonchev–Trinajstić information content (AvgIpc) is 2.38. The molecule has 2 rings (SSSR count). The van der Waals surface area contributed by atoms with Crippen molar-refractivity contribution < 1.29 is 4.74 Å². The van der Waals surface area contributed by atoms with Gasteiger partial charge >= 0.3 is 0 Å². The molecule has 0 radical (unpaired) electrons. The average molecular weight is 218 g/mol. The molecule has 0 aliphatic carbocycles. The third-order valence-electron chi connectivity index (χ3n) is 2.67. The third-order valence-corrected chi connectivity index (χ3v) is 2.67. The molecular weight excluding hydrogens is 204 g/mol. The molecule has 1 fully saturated rings. The van der Waals surface area contributed by atoms with Gasteiger partial charge in [-0.2, -0.15) is 5.26 Å². The molecule has 0 atom stereocenters. The lowest BCUT2D eigenvalue weighted by Gasteiger charge is -2.22. The number of hydrogen-bond donors (Lipinski definition) is 1. The van der Waals surface area contributed by atoms with Crippen molar-refractivity contribution >= 4 is 5.82 Å². The van der Waals surface area contributed by atoms with Crippen molar-refractivity contribution in [1.82, 2.24) is 9.97 Å². The first-order chi connectivity index (χ1) is 7.88. The Hall–Kier alpha value is -1.67. The van der Waals surface area contributed by atoms with Gasteiger partial charge in [0.05, 0.1) is 0 Å². The topological polar surface area (TPSA) is 70.8 Å². The Labute approximate surface area is 94.5 Å². The summed E-state index contributed by atoms with van der Waals surface area (Å²) in [6, 6.07) is 3.70. The molecule has 0 unspecified atom stereocenters. The highest BCUT2D eigenvalue weighted by Gasteiger charge is 2.13. The SMILES string of the molecule is N#Cc1nccc(NCC2CCOCC2)n1. The number of nitrogens with zero attached hydrogens (tertiary/aromatic N) is 3. The second-order valence-corrected chi connectivity index (χ2v) is 3.81. The lowest BCUT2D eigenvalue weighted by Crippen LogP contribution is -2.23. The van der Waals surface area contributed by atoms with E-state index in [1.54, 1.807) is 12.3 Å². The molecule has 2 heterocycles. The van der Waals surface area contributed by atoms with Gasteiger partial charge < -0.3 is 10.1 Å². The van der Waals surface area contributed by atoms with E-state index >= 15 is 0 Å². The molecule has 16 heavy (non-hydrogen) atoms. The van der Waals surface area contributed by atoms with Crippen molar-refractivity contribution in [3.63, 3.8) is 0 Å². The van der Waals surface area contributed by atoms with Crippen LogP contribution in [0.5, 0.6) is 0 Å². The van der Waals surface area contributed by atoms with Gasteiger partial charge in [0.15, 0.2) is 0 Å². The fourth-order valence-corrected chi connectivity index (χ4v) is 1.71. The van der Waals surface area contributed by atoms with Crippen LogP contribution in [-0.4, -0.2) is 29.7 Å². The molecule has 1 aliphatic rings. The zero-order chi connectivity index (χ0) is 11.2. The molecule has 1 N–H and O–H groups in total. The van der Waals surface area contributed by atoms with E-state index < -0.39 is 0 Å². The van der Waals surface area contributed by atoms with Crippen LogP contribution in [0.15, 0.2) is 12.3 Å². The van der Waals surface area contributed by atoms with Crippen LogP contribution in [0.1, 0.15) is 18.7 Å². The maximum absolute atomic E-state index is 8.66. The van der Waals surface area contributed by atoms with Gasteiger partial charge in [-0.3, -0.25) is 0 Å². The van der Waals surface area contributed by atoms with E-state index in [9.17, 15) is 0 Å². The van der Waals surface area contributed by atoms with Gasteiger partial charge in [-0.05, 0) is 24.8 Å². The summed E-state index contributed by atoms with van der Waals surface area (Å²) in [5.74, 6) is 1.56. The number of nitrogens with one attached hydrogen (secondary N) is 1. The number of rotatable bonds is 3. The number of nitriles is 1. The Morgan fingerprint density at radius 2 is 2.31 bits per heavy atom. The molecule has 84 valence electrons. The first kappa shape index (κ1) is 10.8. The molecule has 0 saturated carbocycles. The predicted octanol–water partition coefficient (Wildman–Crippen LogP) is 1.19. The number of hydrogen-bond acceptors (Lipinski definition) is 5. The van der Waals surface area contributed by atoms with Crippen LogP contribution in [0.3, 0.4) is 0 Å². The molecule has 0 amide bonds. The second kappa shape index (κ2) is 5.42. The molecule has 1 aromatic rings. The molecule has 1 saturated heterocycles. The summed E-state index contributed by atoms with van der Waals surface area (Å²) in [4.78, 5) is 7.88. The zero-order valence-corrected chi connectivity index (χ0v) is 9.02. The summed E-state index contributed by atoms with van der Waals surface area (Å²) in [5, 5.41) is 11.9. The Bertz CT molecular complexity index is 382. The first-order valence-electron chi connectivity index (χ1n) is 5.43. The molecule has 1 aromatic heterocycles.